The highest BCUT2D eigenvalue weighted by Crippen LogP contribution is 2.29. The van der Waals surface area contributed by atoms with Crippen LogP contribution in [0.25, 0.3) is 11.0 Å². The van der Waals surface area contributed by atoms with E-state index in [2.05, 4.69) is 37.8 Å². The first-order valence-electron chi connectivity index (χ1n) is 8.76. The van der Waals surface area contributed by atoms with Gasteiger partial charge in [0.05, 0.1) is 0 Å². The van der Waals surface area contributed by atoms with Crippen LogP contribution in [0.1, 0.15) is 56.2 Å². The van der Waals surface area contributed by atoms with Gasteiger partial charge in [-0.15, -0.1) is 0 Å². The monoisotopic (exact) mass is 313 g/mol. The summed E-state index contributed by atoms with van der Waals surface area (Å²) in [5.41, 5.74) is 3.84. The highest BCUT2D eigenvalue weighted by atomic mass is 16.4. The number of rotatable bonds is 4. The van der Waals surface area contributed by atoms with Crippen molar-refractivity contribution in [1.82, 2.24) is 4.90 Å². The molecule has 0 aliphatic heterocycles. The molecule has 0 bridgehead atoms. The second kappa shape index (κ2) is 6.48. The van der Waals surface area contributed by atoms with Crippen molar-refractivity contribution in [1.29, 1.82) is 0 Å². The van der Waals surface area contributed by atoms with E-state index in [0.717, 1.165) is 34.2 Å². The van der Waals surface area contributed by atoms with Gasteiger partial charge in [-0.1, -0.05) is 25.0 Å². The van der Waals surface area contributed by atoms with Crippen molar-refractivity contribution in [3.63, 3.8) is 0 Å². The second-order valence-electron chi connectivity index (χ2n) is 7.18. The number of hydrogen-bond acceptors (Lipinski definition) is 3. The van der Waals surface area contributed by atoms with Crippen LogP contribution >= 0.6 is 0 Å². The lowest BCUT2D eigenvalue weighted by molar-refractivity contribution is 0.146. The first-order chi connectivity index (χ1) is 11.0. The van der Waals surface area contributed by atoms with E-state index in [1.165, 1.54) is 25.7 Å². The zero-order chi connectivity index (χ0) is 16.6. The van der Waals surface area contributed by atoms with Gasteiger partial charge in [-0.25, -0.2) is 4.79 Å². The Kier molecular flexibility index (Phi) is 4.58. The quantitative estimate of drug-likeness (QED) is 0.776. The van der Waals surface area contributed by atoms with Crippen LogP contribution in [0, 0.1) is 13.8 Å². The molecule has 2 aromatic rings. The van der Waals surface area contributed by atoms with Crippen molar-refractivity contribution in [2.45, 2.75) is 72.0 Å². The van der Waals surface area contributed by atoms with Gasteiger partial charge >= 0.3 is 5.63 Å². The molecule has 1 aliphatic carbocycles. The van der Waals surface area contributed by atoms with Crippen molar-refractivity contribution >= 4 is 11.0 Å². The number of hydrogen-bond donors (Lipinski definition) is 0. The van der Waals surface area contributed by atoms with Crippen LogP contribution in [-0.2, 0) is 6.54 Å². The van der Waals surface area contributed by atoms with E-state index in [1.807, 2.05) is 6.92 Å². The molecular weight excluding hydrogens is 286 g/mol. The Hall–Kier alpha value is -1.61. The number of aryl methyl sites for hydroxylation is 2. The zero-order valence-corrected chi connectivity index (χ0v) is 14.7. The fourth-order valence-corrected chi connectivity index (χ4v) is 3.82. The molecule has 1 aromatic heterocycles. The molecule has 1 heterocycles. The standard InChI is InChI=1S/C20H27NO2/c1-13(2)21(17-7-5-6-8-17)12-16-11-19(22)23-20-15(4)14(3)9-10-18(16)20/h9-11,13,17H,5-8,12H2,1-4H3. The molecule has 124 valence electrons. The third kappa shape index (κ3) is 3.20. The summed E-state index contributed by atoms with van der Waals surface area (Å²) in [6, 6.07) is 7.02. The minimum absolute atomic E-state index is 0.240. The fraction of sp³-hybridized carbons (Fsp3) is 0.550. The molecule has 3 heteroatoms. The molecule has 23 heavy (non-hydrogen) atoms. The van der Waals surface area contributed by atoms with Crippen molar-refractivity contribution in [2.24, 2.45) is 0 Å². The van der Waals surface area contributed by atoms with Crippen molar-refractivity contribution in [2.75, 3.05) is 0 Å². The average molecular weight is 313 g/mol. The van der Waals surface area contributed by atoms with Crippen LogP contribution in [-0.4, -0.2) is 17.0 Å². The van der Waals surface area contributed by atoms with Gasteiger partial charge in [-0.3, -0.25) is 4.90 Å². The minimum atomic E-state index is -0.240. The summed E-state index contributed by atoms with van der Waals surface area (Å²) in [5.74, 6) is 0. The summed E-state index contributed by atoms with van der Waals surface area (Å²) in [6.45, 7) is 9.41. The fourth-order valence-electron chi connectivity index (χ4n) is 3.82. The number of benzene rings is 1. The minimum Gasteiger partial charge on any atom is -0.422 e. The van der Waals surface area contributed by atoms with Crippen LogP contribution in [0.15, 0.2) is 27.4 Å². The molecule has 1 aliphatic rings. The van der Waals surface area contributed by atoms with Gasteiger partial charge in [-0.2, -0.15) is 0 Å². The Morgan fingerprint density at radius 3 is 2.57 bits per heavy atom. The van der Waals surface area contributed by atoms with E-state index in [1.54, 1.807) is 6.07 Å². The molecule has 0 N–H and O–H groups in total. The maximum absolute atomic E-state index is 12.1. The van der Waals surface area contributed by atoms with Crippen LogP contribution in [0.4, 0.5) is 0 Å². The van der Waals surface area contributed by atoms with Gasteiger partial charge in [-0.05, 0) is 57.2 Å². The maximum Gasteiger partial charge on any atom is 0.336 e. The molecule has 0 saturated heterocycles. The third-order valence-electron chi connectivity index (χ3n) is 5.33. The van der Waals surface area contributed by atoms with Gasteiger partial charge in [0.1, 0.15) is 5.58 Å². The topological polar surface area (TPSA) is 33.5 Å². The van der Waals surface area contributed by atoms with Gasteiger partial charge in [0.15, 0.2) is 0 Å². The molecule has 0 unspecified atom stereocenters. The molecule has 0 radical (unpaired) electrons. The van der Waals surface area contributed by atoms with Crippen molar-refractivity contribution in [3.8, 4) is 0 Å². The highest BCUT2D eigenvalue weighted by molar-refractivity contribution is 5.83. The summed E-state index contributed by atoms with van der Waals surface area (Å²) < 4.78 is 5.51. The average Bonchev–Trinajstić information content (AvgIpc) is 3.02. The lowest BCUT2D eigenvalue weighted by Crippen LogP contribution is -2.38. The summed E-state index contributed by atoms with van der Waals surface area (Å²) in [7, 11) is 0. The molecule has 0 spiro atoms. The van der Waals surface area contributed by atoms with E-state index in [4.69, 9.17) is 4.42 Å². The van der Waals surface area contributed by atoms with Crippen LogP contribution < -0.4 is 5.63 Å². The highest BCUT2D eigenvalue weighted by Gasteiger charge is 2.25. The molecule has 3 rings (SSSR count). The Bertz CT molecular complexity index is 754. The molecule has 1 saturated carbocycles. The van der Waals surface area contributed by atoms with Gasteiger partial charge in [0.25, 0.3) is 0 Å². The summed E-state index contributed by atoms with van der Waals surface area (Å²) in [6.07, 6.45) is 5.19. The maximum atomic E-state index is 12.1. The second-order valence-corrected chi connectivity index (χ2v) is 7.18. The number of nitrogens with zero attached hydrogens (tertiary/aromatic N) is 1. The summed E-state index contributed by atoms with van der Waals surface area (Å²) in [4.78, 5) is 14.6. The molecule has 1 fully saturated rings. The number of fused-ring (bicyclic) bond motifs is 1. The largest absolute Gasteiger partial charge is 0.422 e. The van der Waals surface area contributed by atoms with Gasteiger partial charge in [0, 0.05) is 30.1 Å². The Labute approximate surface area is 138 Å². The molecule has 0 atom stereocenters. The first-order valence-corrected chi connectivity index (χ1v) is 8.76. The Balaban J connectivity index is 2.04. The molecule has 0 amide bonds. The van der Waals surface area contributed by atoms with Crippen molar-refractivity contribution in [3.05, 3.63) is 45.3 Å². The van der Waals surface area contributed by atoms with E-state index >= 15 is 0 Å². The first kappa shape index (κ1) is 16.3. The predicted molar refractivity (Wildman–Crippen MR) is 94.9 cm³/mol. The Morgan fingerprint density at radius 1 is 1.22 bits per heavy atom. The smallest absolute Gasteiger partial charge is 0.336 e. The zero-order valence-electron chi connectivity index (χ0n) is 14.7. The SMILES string of the molecule is Cc1ccc2c(CN(C(C)C)C3CCCC3)cc(=O)oc2c1C. The Morgan fingerprint density at radius 2 is 1.91 bits per heavy atom. The van der Waals surface area contributed by atoms with Crippen molar-refractivity contribution < 1.29 is 4.42 Å². The van der Waals surface area contributed by atoms with Crippen LogP contribution in [0.5, 0.6) is 0 Å². The van der Waals surface area contributed by atoms with E-state index < -0.39 is 0 Å². The molecule has 3 nitrogen and oxygen atoms in total. The summed E-state index contributed by atoms with van der Waals surface area (Å²) >= 11 is 0. The third-order valence-corrected chi connectivity index (χ3v) is 5.33. The van der Waals surface area contributed by atoms with E-state index in [9.17, 15) is 4.79 Å². The summed E-state index contributed by atoms with van der Waals surface area (Å²) in [5, 5.41) is 1.08. The molecular formula is C20H27NO2. The van der Waals surface area contributed by atoms with Crippen LogP contribution in [0.2, 0.25) is 0 Å². The van der Waals surface area contributed by atoms with E-state index in [-0.39, 0.29) is 5.63 Å². The van der Waals surface area contributed by atoms with Gasteiger partial charge < -0.3 is 4.42 Å². The molecule has 1 aromatic carbocycles. The predicted octanol–water partition coefficient (Wildman–Crippen LogP) is 4.56. The normalized spacial score (nSPS) is 16.1. The van der Waals surface area contributed by atoms with Gasteiger partial charge in [0.2, 0.25) is 0 Å². The van der Waals surface area contributed by atoms with E-state index in [0.29, 0.717) is 12.1 Å². The lowest BCUT2D eigenvalue weighted by atomic mass is 10.0. The van der Waals surface area contributed by atoms with Crippen LogP contribution in [0.3, 0.4) is 0 Å². The lowest BCUT2D eigenvalue weighted by Gasteiger charge is -2.33.